The first-order valence-electron chi connectivity index (χ1n) is 4.17. The number of hydrogen-bond donors (Lipinski definition) is 0. The van der Waals surface area contributed by atoms with E-state index in [4.69, 9.17) is 0 Å². The first kappa shape index (κ1) is 9.13. The van der Waals surface area contributed by atoms with Gasteiger partial charge in [0.2, 0.25) is 0 Å². The summed E-state index contributed by atoms with van der Waals surface area (Å²) in [6.45, 7) is 2.24. The molecule has 0 aliphatic carbocycles. The van der Waals surface area contributed by atoms with E-state index in [2.05, 4.69) is 31.2 Å². The fraction of sp³-hybridized carbons (Fsp3) is 0.400. The van der Waals surface area contributed by atoms with Crippen molar-refractivity contribution < 1.29 is 0 Å². The molecule has 1 heteroatoms. The van der Waals surface area contributed by atoms with Crippen LogP contribution in [0.1, 0.15) is 25.3 Å². The average molecular weight is 257 g/mol. The van der Waals surface area contributed by atoms with Crippen LogP contribution in [0.2, 0.25) is 0 Å². The molecule has 0 saturated heterocycles. The van der Waals surface area contributed by atoms with Crippen LogP contribution < -0.4 is 3.51 Å². The van der Waals surface area contributed by atoms with Crippen molar-refractivity contribution in [2.75, 3.05) is 0 Å². The summed E-state index contributed by atoms with van der Waals surface area (Å²) in [6, 6.07) is 9.01. The molecule has 0 aliphatic heterocycles. The van der Waals surface area contributed by atoms with Gasteiger partial charge in [-0.2, -0.15) is 0 Å². The van der Waals surface area contributed by atoms with Gasteiger partial charge in [0.05, 0.1) is 0 Å². The molecule has 1 aromatic rings. The second-order valence-electron chi connectivity index (χ2n) is 2.85. The second-order valence-corrected chi connectivity index (χ2v) is 4.75. The molecular formula is C10H15Sb. The van der Waals surface area contributed by atoms with E-state index < -0.39 is 0 Å². The topological polar surface area (TPSA) is 0 Å². The fourth-order valence-electron chi connectivity index (χ4n) is 1.07. The van der Waals surface area contributed by atoms with Crippen LogP contribution in [0, 0.1) is 0 Å². The number of aryl methyl sites for hydroxylation is 1. The van der Waals surface area contributed by atoms with Crippen molar-refractivity contribution in [3.8, 4) is 0 Å². The Hall–Kier alpha value is 0.0382. The summed E-state index contributed by atoms with van der Waals surface area (Å²) in [6.07, 6.45) is 3.86. The van der Waals surface area contributed by atoms with Crippen molar-refractivity contribution in [3.63, 3.8) is 0 Å². The summed E-state index contributed by atoms with van der Waals surface area (Å²) < 4.78 is 1.48. The third-order valence-electron chi connectivity index (χ3n) is 1.80. The zero-order chi connectivity index (χ0) is 8.10. The zero-order valence-electron chi connectivity index (χ0n) is 7.01. The summed E-state index contributed by atoms with van der Waals surface area (Å²) in [5.74, 6) is 0. The van der Waals surface area contributed by atoms with E-state index in [0.717, 1.165) is 0 Å². The molecule has 0 aromatic heterocycles. The van der Waals surface area contributed by atoms with Gasteiger partial charge in [-0.15, -0.1) is 0 Å². The van der Waals surface area contributed by atoms with Crippen molar-refractivity contribution in [2.24, 2.45) is 0 Å². The van der Waals surface area contributed by atoms with E-state index >= 15 is 0 Å². The van der Waals surface area contributed by atoms with E-state index in [1.54, 1.807) is 0 Å². The van der Waals surface area contributed by atoms with Crippen LogP contribution in [0.3, 0.4) is 0 Å². The van der Waals surface area contributed by atoms with Gasteiger partial charge in [-0.05, 0) is 0 Å². The van der Waals surface area contributed by atoms with E-state index in [-0.39, 0.29) is 0 Å². The SMILES string of the molecule is CCCCc1cc[c]([SbH2])cc1. The van der Waals surface area contributed by atoms with Gasteiger partial charge in [0, 0.05) is 0 Å². The van der Waals surface area contributed by atoms with E-state index in [9.17, 15) is 0 Å². The van der Waals surface area contributed by atoms with Gasteiger partial charge < -0.3 is 0 Å². The van der Waals surface area contributed by atoms with Gasteiger partial charge >= 0.3 is 82.5 Å². The van der Waals surface area contributed by atoms with Crippen molar-refractivity contribution in [2.45, 2.75) is 26.2 Å². The van der Waals surface area contributed by atoms with Crippen molar-refractivity contribution in [3.05, 3.63) is 29.8 Å². The molecule has 0 unspecified atom stereocenters. The summed E-state index contributed by atoms with van der Waals surface area (Å²) in [5, 5.41) is 0. The van der Waals surface area contributed by atoms with Crippen LogP contribution in [0.5, 0.6) is 0 Å². The standard InChI is InChI=1S/C10H13.Sb.2H/c1-2-3-7-10-8-5-4-6-9-10;;;/h5-6,8-9H,2-3,7H2,1H3;;;. The van der Waals surface area contributed by atoms with Gasteiger partial charge in [-0.1, -0.05) is 0 Å². The summed E-state index contributed by atoms with van der Waals surface area (Å²) in [4.78, 5) is 0. The molecule has 60 valence electrons. The number of benzene rings is 1. The van der Waals surface area contributed by atoms with Gasteiger partial charge in [0.1, 0.15) is 0 Å². The van der Waals surface area contributed by atoms with Crippen LogP contribution in [0.15, 0.2) is 24.3 Å². The van der Waals surface area contributed by atoms with E-state index in [1.165, 1.54) is 51.4 Å². The molecular weight excluding hydrogens is 242 g/mol. The summed E-state index contributed by atoms with van der Waals surface area (Å²) >= 11 is 1.24. The molecule has 0 heterocycles. The van der Waals surface area contributed by atoms with Gasteiger partial charge in [-0.3, -0.25) is 0 Å². The maximum atomic E-state index is 2.26. The Morgan fingerprint density at radius 2 is 1.82 bits per heavy atom. The summed E-state index contributed by atoms with van der Waals surface area (Å²) in [7, 11) is 0. The molecule has 0 fully saturated rings. The minimum absolute atomic E-state index is 1.24. The average Bonchev–Trinajstić information content (AvgIpc) is 2.04. The predicted molar refractivity (Wildman–Crippen MR) is 53.2 cm³/mol. The maximum absolute atomic E-state index is 2.26. The molecule has 1 aromatic carbocycles. The number of hydrogen-bond acceptors (Lipinski definition) is 0. The fourth-order valence-corrected chi connectivity index (χ4v) is 1.61. The normalized spacial score (nSPS) is 10.0. The number of rotatable bonds is 3. The molecule has 0 N–H and O–H groups in total. The molecule has 0 atom stereocenters. The minimum atomic E-state index is 1.24. The zero-order valence-corrected chi connectivity index (χ0v) is 10.3. The monoisotopic (exact) mass is 256 g/mol. The van der Waals surface area contributed by atoms with Gasteiger partial charge in [-0.25, -0.2) is 0 Å². The molecule has 0 spiro atoms. The summed E-state index contributed by atoms with van der Waals surface area (Å²) in [5.41, 5.74) is 1.49. The van der Waals surface area contributed by atoms with Gasteiger partial charge in [0.15, 0.2) is 0 Å². The molecule has 1 rings (SSSR count). The van der Waals surface area contributed by atoms with Crippen LogP contribution in [-0.2, 0) is 6.42 Å². The Morgan fingerprint density at radius 1 is 1.18 bits per heavy atom. The van der Waals surface area contributed by atoms with E-state index in [0.29, 0.717) is 0 Å². The van der Waals surface area contributed by atoms with Crippen molar-refractivity contribution in [1.82, 2.24) is 0 Å². The van der Waals surface area contributed by atoms with Crippen LogP contribution in [0.4, 0.5) is 0 Å². The van der Waals surface area contributed by atoms with E-state index in [1.807, 2.05) is 0 Å². The Kier molecular flexibility index (Phi) is 4.00. The Labute approximate surface area is 82.5 Å². The molecule has 11 heavy (non-hydrogen) atoms. The second kappa shape index (κ2) is 4.82. The van der Waals surface area contributed by atoms with Crippen LogP contribution in [-0.4, -0.2) is 23.0 Å². The molecule has 0 radical (unpaired) electrons. The van der Waals surface area contributed by atoms with Gasteiger partial charge in [0.25, 0.3) is 0 Å². The number of unbranched alkanes of at least 4 members (excludes halogenated alkanes) is 1. The Bertz CT molecular complexity index is 201. The quantitative estimate of drug-likeness (QED) is 0.716. The van der Waals surface area contributed by atoms with Crippen molar-refractivity contribution >= 4 is 26.5 Å². The first-order valence-corrected chi connectivity index (χ1v) is 5.82. The van der Waals surface area contributed by atoms with Crippen molar-refractivity contribution in [1.29, 1.82) is 0 Å². The predicted octanol–water partition coefficient (Wildman–Crippen LogP) is 1.29. The Morgan fingerprint density at radius 3 is 2.36 bits per heavy atom. The first-order chi connectivity index (χ1) is 5.33. The third kappa shape index (κ3) is 3.29. The molecule has 0 saturated carbocycles. The third-order valence-corrected chi connectivity index (χ3v) is 2.90. The molecule has 0 bridgehead atoms. The van der Waals surface area contributed by atoms with Crippen LogP contribution in [0.25, 0.3) is 0 Å². The van der Waals surface area contributed by atoms with Crippen LogP contribution >= 0.6 is 0 Å². The molecule has 0 aliphatic rings. The molecule has 0 nitrogen and oxygen atoms in total. The Balaban J connectivity index is 2.52. The molecule has 0 amide bonds.